The van der Waals surface area contributed by atoms with Crippen LogP contribution in [0.1, 0.15) is 22.3 Å². The molecule has 3 amide bonds. The van der Waals surface area contributed by atoms with Crippen LogP contribution < -0.4 is 10.6 Å². The van der Waals surface area contributed by atoms with E-state index in [9.17, 15) is 23.2 Å². The van der Waals surface area contributed by atoms with Crippen LogP contribution in [0, 0.1) is 11.3 Å². The minimum absolute atomic E-state index is 0.0629. The van der Waals surface area contributed by atoms with Gasteiger partial charge in [0.2, 0.25) is 11.8 Å². The molecule has 2 aliphatic rings. The molecule has 3 heterocycles. The van der Waals surface area contributed by atoms with E-state index < -0.39 is 43.3 Å². The van der Waals surface area contributed by atoms with Crippen molar-refractivity contribution in [2.24, 2.45) is 0 Å². The van der Waals surface area contributed by atoms with Crippen molar-refractivity contribution in [1.29, 1.82) is 5.26 Å². The molecule has 176 valence electrons. The summed E-state index contributed by atoms with van der Waals surface area (Å²) in [7, 11) is 0. The topological polar surface area (TPSA) is 115 Å². The van der Waals surface area contributed by atoms with Crippen LogP contribution in [-0.2, 0) is 16.0 Å². The summed E-state index contributed by atoms with van der Waals surface area (Å²) in [6.07, 6.45) is 1.06. The largest absolute Gasteiger partial charge is 0.343 e. The van der Waals surface area contributed by atoms with E-state index in [1.807, 2.05) is 24.3 Å². The number of hydrogen-bond donors (Lipinski definition) is 2. The van der Waals surface area contributed by atoms with Gasteiger partial charge in [0.1, 0.15) is 6.04 Å². The van der Waals surface area contributed by atoms with Crippen molar-refractivity contribution < 1.29 is 23.2 Å². The van der Waals surface area contributed by atoms with Gasteiger partial charge < -0.3 is 15.5 Å². The summed E-state index contributed by atoms with van der Waals surface area (Å²) in [5, 5.41) is 14.9. The van der Waals surface area contributed by atoms with Crippen LogP contribution in [-0.4, -0.2) is 52.7 Å². The van der Waals surface area contributed by atoms with Gasteiger partial charge in [-0.25, -0.2) is 8.78 Å². The summed E-state index contributed by atoms with van der Waals surface area (Å²) in [5.74, 6) is -4.50. The molecule has 0 saturated carbocycles. The maximum Gasteiger partial charge on any atom is 0.268 e. The molecule has 1 fully saturated rings. The van der Waals surface area contributed by atoms with Crippen molar-refractivity contribution in [3.63, 3.8) is 0 Å². The first-order chi connectivity index (χ1) is 16.7. The number of rotatable bonds is 4. The van der Waals surface area contributed by atoms with Crippen molar-refractivity contribution in [2.45, 2.75) is 24.8 Å². The Balaban J connectivity index is 1.37. The quantitative estimate of drug-likeness (QED) is 0.602. The van der Waals surface area contributed by atoms with Crippen LogP contribution in [0.4, 0.5) is 14.5 Å². The molecule has 1 aromatic heterocycles. The van der Waals surface area contributed by atoms with Crippen LogP contribution in [0.15, 0.2) is 48.7 Å². The van der Waals surface area contributed by atoms with E-state index in [0.717, 1.165) is 27.3 Å². The number of carbonyl (C=O) groups is 3. The zero-order valence-electron chi connectivity index (χ0n) is 18.3. The van der Waals surface area contributed by atoms with Gasteiger partial charge in [0, 0.05) is 23.7 Å². The lowest BCUT2D eigenvalue weighted by Gasteiger charge is -2.19. The highest BCUT2D eigenvalue weighted by Gasteiger charge is 2.47. The normalized spacial score (nSPS) is 18.1. The number of likely N-dealkylation sites (tertiary alicyclic amines) is 1. The molecule has 5 rings (SSSR count). The van der Waals surface area contributed by atoms with Gasteiger partial charge in [0.25, 0.3) is 11.8 Å². The monoisotopic (exact) mass is 475 g/mol. The third-order valence-electron chi connectivity index (χ3n) is 6.19. The molecule has 1 unspecified atom stereocenters. The molecule has 0 radical (unpaired) electrons. The second kappa shape index (κ2) is 8.43. The summed E-state index contributed by atoms with van der Waals surface area (Å²) < 4.78 is 27.3. The van der Waals surface area contributed by atoms with E-state index in [1.165, 1.54) is 12.3 Å². The fourth-order valence-corrected chi connectivity index (χ4v) is 4.48. The summed E-state index contributed by atoms with van der Waals surface area (Å²) >= 11 is 0. The smallest absolute Gasteiger partial charge is 0.268 e. The molecule has 0 aliphatic carbocycles. The minimum Gasteiger partial charge on any atom is -0.343 e. The predicted molar refractivity (Wildman–Crippen MR) is 123 cm³/mol. The van der Waals surface area contributed by atoms with E-state index in [0.29, 0.717) is 17.3 Å². The number of aromatic nitrogens is 1. The number of alkyl halides is 2. The molecule has 2 N–H and O–H groups in total. The summed E-state index contributed by atoms with van der Waals surface area (Å²) in [6, 6.07) is 13.1. The van der Waals surface area contributed by atoms with Crippen LogP contribution in [0.3, 0.4) is 0 Å². The summed E-state index contributed by atoms with van der Waals surface area (Å²) in [6.45, 7) is -1.36. The lowest BCUT2D eigenvalue weighted by atomic mass is 9.98. The van der Waals surface area contributed by atoms with Gasteiger partial charge in [-0.2, -0.15) is 5.26 Å². The molecule has 0 spiro atoms. The first-order valence-electron chi connectivity index (χ1n) is 10.9. The Bertz CT molecular complexity index is 1430. The van der Waals surface area contributed by atoms with Gasteiger partial charge in [-0.15, -0.1) is 0 Å². The Kier molecular flexibility index (Phi) is 5.40. The standard InChI is InChI=1S/C25H19F2N5O3/c26-25(27)10-17(11-28)32(13-25)23(34)12-30-24(35)18-5-6-29-21-4-2-15(8-19(18)21)14-1-3-20-16(7-14)9-22(33)31-20/h1-8,17H,9-10,12-13H2,(H,30,35)(H,31,33). The Morgan fingerprint density at radius 3 is 2.77 bits per heavy atom. The number of fused-ring (bicyclic) bond motifs is 2. The van der Waals surface area contributed by atoms with E-state index in [-0.39, 0.29) is 11.5 Å². The van der Waals surface area contributed by atoms with Crippen molar-refractivity contribution >= 4 is 34.3 Å². The summed E-state index contributed by atoms with van der Waals surface area (Å²) in [5.41, 5.74) is 4.18. The Labute approximate surface area is 198 Å². The molecule has 1 saturated heterocycles. The van der Waals surface area contributed by atoms with Crippen LogP contribution in [0.5, 0.6) is 0 Å². The van der Waals surface area contributed by atoms with Crippen molar-refractivity contribution in [3.05, 3.63) is 59.8 Å². The molecule has 35 heavy (non-hydrogen) atoms. The summed E-state index contributed by atoms with van der Waals surface area (Å²) in [4.78, 5) is 42.1. The Morgan fingerprint density at radius 2 is 1.97 bits per heavy atom. The van der Waals surface area contributed by atoms with Crippen LogP contribution in [0.2, 0.25) is 0 Å². The maximum absolute atomic E-state index is 13.6. The predicted octanol–water partition coefficient (Wildman–Crippen LogP) is 2.89. The first kappa shape index (κ1) is 22.4. The molecule has 2 aliphatic heterocycles. The van der Waals surface area contributed by atoms with Gasteiger partial charge in [0.15, 0.2) is 0 Å². The molecule has 2 aromatic carbocycles. The van der Waals surface area contributed by atoms with Crippen molar-refractivity contribution in [3.8, 4) is 17.2 Å². The Hall–Kier alpha value is -4.39. The number of amides is 3. The second-order valence-electron chi connectivity index (χ2n) is 8.60. The van der Waals surface area contributed by atoms with Crippen molar-refractivity contribution in [2.75, 3.05) is 18.4 Å². The SMILES string of the molecule is N#CC1CC(F)(F)CN1C(=O)CNC(=O)c1ccnc2ccc(-c3ccc4c(c3)CC(=O)N4)cc12. The second-order valence-corrected chi connectivity index (χ2v) is 8.60. The number of nitrogens with zero attached hydrogens (tertiary/aromatic N) is 3. The van der Waals surface area contributed by atoms with Gasteiger partial charge in [-0.3, -0.25) is 19.4 Å². The van der Waals surface area contributed by atoms with Crippen LogP contribution in [0.25, 0.3) is 22.0 Å². The average molecular weight is 475 g/mol. The van der Waals surface area contributed by atoms with Crippen LogP contribution >= 0.6 is 0 Å². The van der Waals surface area contributed by atoms with E-state index in [1.54, 1.807) is 18.2 Å². The van der Waals surface area contributed by atoms with Gasteiger partial charge in [-0.05, 0) is 47.0 Å². The molecule has 0 bridgehead atoms. The number of pyridine rings is 1. The lowest BCUT2D eigenvalue weighted by molar-refractivity contribution is -0.131. The van der Waals surface area contributed by atoms with E-state index >= 15 is 0 Å². The number of benzene rings is 2. The Morgan fingerprint density at radius 1 is 1.20 bits per heavy atom. The molecule has 10 heteroatoms. The van der Waals surface area contributed by atoms with Gasteiger partial charge in [-0.1, -0.05) is 12.1 Å². The first-order valence-corrected chi connectivity index (χ1v) is 10.9. The highest BCUT2D eigenvalue weighted by Crippen LogP contribution is 2.32. The molecular weight excluding hydrogens is 456 g/mol. The van der Waals surface area contributed by atoms with Gasteiger partial charge >= 0.3 is 0 Å². The third kappa shape index (κ3) is 4.28. The molecular formula is C25H19F2N5O3. The number of hydrogen-bond acceptors (Lipinski definition) is 5. The molecule has 3 aromatic rings. The zero-order valence-corrected chi connectivity index (χ0v) is 18.3. The fraction of sp³-hybridized carbons (Fsp3) is 0.240. The fourth-order valence-electron chi connectivity index (χ4n) is 4.48. The number of nitrogens with one attached hydrogen (secondary N) is 2. The number of nitriles is 1. The zero-order chi connectivity index (χ0) is 24.7. The molecule has 8 nitrogen and oxygen atoms in total. The third-order valence-corrected chi connectivity index (χ3v) is 6.19. The maximum atomic E-state index is 13.6. The van der Waals surface area contributed by atoms with Crippen molar-refractivity contribution in [1.82, 2.24) is 15.2 Å². The molecule has 1 atom stereocenters. The van der Waals surface area contributed by atoms with E-state index in [4.69, 9.17) is 5.26 Å². The highest BCUT2D eigenvalue weighted by molar-refractivity contribution is 6.08. The number of carbonyl (C=O) groups excluding carboxylic acids is 3. The minimum atomic E-state index is -3.13. The van der Waals surface area contributed by atoms with Gasteiger partial charge in [0.05, 0.1) is 36.7 Å². The lowest BCUT2D eigenvalue weighted by Crippen LogP contribution is -2.43. The van der Waals surface area contributed by atoms with E-state index in [2.05, 4.69) is 15.6 Å². The number of anilines is 1. The average Bonchev–Trinajstić information content (AvgIpc) is 3.38. The highest BCUT2D eigenvalue weighted by atomic mass is 19.3. The number of halogens is 2.